The number of thiophene rings is 1. The molecule has 2 N–H and O–H groups in total. The summed E-state index contributed by atoms with van der Waals surface area (Å²) >= 11 is 1.70. The fourth-order valence-corrected chi connectivity index (χ4v) is 3.77. The van der Waals surface area contributed by atoms with E-state index in [1.807, 2.05) is 11.4 Å². The van der Waals surface area contributed by atoms with Gasteiger partial charge in [-0.25, -0.2) is 0 Å². The number of ether oxygens (including phenoxy) is 1. The van der Waals surface area contributed by atoms with E-state index in [0.717, 1.165) is 19.3 Å². The molecule has 3 nitrogen and oxygen atoms in total. The average molecular weight is 295 g/mol. The molecule has 3 unspecified atom stereocenters. The summed E-state index contributed by atoms with van der Waals surface area (Å²) in [5.41, 5.74) is 6.04. The van der Waals surface area contributed by atoms with Gasteiger partial charge >= 0.3 is 5.97 Å². The molecule has 0 aromatic carbocycles. The van der Waals surface area contributed by atoms with Gasteiger partial charge in [-0.1, -0.05) is 26.8 Å². The smallest absolute Gasteiger partial charge is 0.309 e. The molecule has 0 aliphatic heterocycles. The van der Waals surface area contributed by atoms with Crippen LogP contribution in [0.15, 0.2) is 17.5 Å². The molecule has 3 atom stereocenters. The molecule has 0 spiro atoms. The summed E-state index contributed by atoms with van der Waals surface area (Å²) in [4.78, 5) is 13.6. The van der Waals surface area contributed by atoms with Gasteiger partial charge in [0.2, 0.25) is 0 Å². The molecule has 0 amide bonds. The molecule has 112 valence electrons. The second-order valence-electron chi connectivity index (χ2n) is 6.40. The molecule has 4 heteroatoms. The number of rotatable bonds is 4. The molecule has 2 rings (SSSR count). The number of hydrogen-bond acceptors (Lipinski definition) is 4. The predicted octanol–water partition coefficient (Wildman–Crippen LogP) is 3.23. The number of esters is 1. The van der Waals surface area contributed by atoms with Crippen molar-refractivity contribution in [2.75, 3.05) is 6.61 Å². The summed E-state index contributed by atoms with van der Waals surface area (Å²) in [5.74, 6) is 0.261. The third-order valence-corrected chi connectivity index (χ3v) is 5.90. The highest BCUT2D eigenvalue weighted by molar-refractivity contribution is 7.09. The standard InChI is InChI=1S/C16H25NO2S/c1-11-14(17)7-6-13(16(11,2)3)15(18)19-9-8-12-5-4-10-20-12/h4-5,10-11,13-14H,6-9,17H2,1-3H3. The SMILES string of the molecule is CC1C(N)CCC(C(=O)OCCc2cccs2)C1(C)C. The summed E-state index contributed by atoms with van der Waals surface area (Å²) in [6, 6.07) is 4.29. The summed E-state index contributed by atoms with van der Waals surface area (Å²) in [5, 5.41) is 2.05. The van der Waals surface area contributed by atoms with Crippen LogP contribution in [0.3, 0.4) is 0 Å². The van der Waals surface area contributed by atoms with E-state index in [2.05, 4.69) is 26.8 Å². The highest BCUT2D eigenvalue weighted by Gasteiger charge is 2.45. The van der Waals surface area contributed by atoms with Crippen LogP contribution in [0.1, 0.15) is 38.5 Å². The summed E-state index contributed by atoms with van der Waals surface area (Å²) in [7, 11) is 0. The summed E-state index contributed by atoms with van der Waals surface area (Å²) < 4.78 is 5.50. The Morgan fingerprint density at radius 3 is 2.90 bits per heavy atom. The summed E-state index contributed by atoms with van der Waals surface area (Å²) in [6.45, 7) is 6.91. The maximum atomic E-state index is 12.3. The Balaban J connectivity index is 1.88. The fraction of sp³-hybridized carbons (Fsp3) is 0.688. The van der Waals surface area contributed by atoms with Crippen LogP contribution < -0.4 is 5.73 Å². The largest absolute Gasteiger partial charge is 0.465 e. The predicted molar refractivity (Wildman–Crippen MR) is 82.6 cm³/mol. The monoisotopic (exact) mass is 295 g/mol. The van der Waals surface area contributed by atoms with E-state index < -0.39 is 0 Å². The molecule has 1 heterocycles. The van der Waals surface area contributed by atoms with E-state index in [4.69, 9.17) is 10.5 Å². The van der Waals surface area contributed by atoms with Crippen molar-refractivity contribution in [2.45, 2.75) is 46.1 Å². The van der Waals surface area contributed by atoms with E-state index in [1.54, 1.807) is 11.3 Å². The minimum Gasteiger partial charge on any atom is -0.465 e. The van der Waals surface area contributed by atoms with Gasteiger partial charge in [0.05, 0.1) is 12.5 Å². The van der Waals surface area contributed by atoms with Crippen LogP contribution in [0.4, 0.5) is 0 Å². The maximum absolute atomic E-state index is 12.3. The first kappa shape index (κ1) is 15.5. The van der Waals surface area contributed by atoms with Crippen LogP contribution in [0.2, 0.25) is 0 Å². The van der Waals surface area contributed by atoms with Gasteiger partial charge in [0.15, 0.2) is 0 Å². The molecule has 20 heavy (non-hydrogen) atoms. The molecule has 1 aliphatic rings. The molecular formula is C16H25NO2S. The lowest BCUT2D eigenvalue weighted by Crippen LogP contribution is -2.49. The van der Waals surface area contributed by atoms with Gasteiger partial charge in [0.1, 0.15) is 0 Å². The topological polar surface area (TPSA) is 52.3 Å². The minimum absolute atomic E-state index is 0.0272. The Hall–Kier alpha value is -0.870. The van der Waals surface area contributed by atoms with Crippen molar-refractivity contribution < 1.29 is 9.53 Å². The quantitative estimate of drug-likeness (QED) is 0.868. The lowest BCUT2D eigenvalue weighted by Gasteiger charge is -2.45. The normalized spacial score (nSPS) is 29.1. The van der Waals surface area contributed by atoms with E-state index in [9.17, 15) is 4.79 Å². The molecule has 0 radical (unpaired) electrons. The number of carbonyl (C=O) groups is 1. The zero-order valence-corrected chi connectivity index (χ0v) is 13.4. The van der Waals surface area contributed by atoms with Gasteiger partial charge in [0.25, 0.3) is 0 Å². The molecule has 1 aromatic rings. The van der Waals surface area contributed by atoms with Gasteiger partial charge < -0.3 is 10.5 Å². The van der Waals surface area contributed by atoms with Crippen molar-refractivity contribution in [2.24, 2.45) is 23.0 Å². The molecule has 1 aliphatic carbocycles. The van der Waals surface area contributed by atoms with Crippen molar-refractivity contribution in [1.82, 2.24) is 0 Å². The van der Waals surface area contributed by atoms with Crippen molar-refractivity contribution in [3.63, 3.8) is 0 Å². The van der Waals surface area contributed by atoms with Crippen LogP contribution in [-0.4, -0.2) is 18.6 Å². The molecule has 0 saturated heterocycles. The average Bonchev–Trinajstić information content (AvgIpc) is 2.89. The first-order valence-corrected chi connectivity index (χ1v) is 8.25. The molecular weight excluding hydrogens is 270 g/mol. The summed E-state index contributed by atoms with van der Waals surface area (Å²) in [6.07, 6.45) is 2.57. The van der Waals surface area contributed by atoms with Crippen molar-refractivity contribution in [3.8, 4) is 0 Å². The second kappa shape index (κ2) is 6.27. The zero-order chi connectivity index (χ0) is 14.8. The number of hydrogen-bond donors (Lipinski definition) is 1. The minimum atomic E-state index is -0.0856. The Bertz CT molecular complexity index is 441. The van der Waals surface area contributed by atoms with E-state index in [-0.39, 0.29) is 23.3 Å². The molecule has 0 bridgehead atoms. The van der Waals surface area contributed by atoms with Gasteiger partial charge in [-0.3, -0.25) is 4.79 Å². The van der Waals surface area contributed by atoms with Crippen molar-refractivity contribution in [1.29, 1.82) is 0 Å². The Labute approximate surface area is 125 Å². The van der Waals surface area contributed by atoms with E-state index in [0.29, 0.717) is 12.5 Å². The second-order valence-corrected chi connectivity index (χ2v) is 7.43. The third kappa shape index (κ3) is 3.23. The Morgan fingerprint density at radius 1 is 1.50 bits per heavy atom. The highest BCUT2D eigenvalue weighted by Crippen LogP contribution is 2.44. The highest BCUT2D eigenvalue weighted by atomic mass is 32.1. The van der Waals surface area contributed by atoms with Gasteiger partial charge in [-0.05, 0) is 35.6 Å². The van der Waals surface area contributed by atoms with E-state index >= 15 is 0 Å². The van der Waals surface area contributed by atoms with Gasteiger partial charge in [-0.15, -0.1) is 11.3 Å². The van der Waals surface area contributed by atoms with E-state index in [1.165, 1.54) is 4.88 Å². The van der Waals surface area contributed by atoms with Crippen LogP contribution >= 0.6 is 11.3 Å². The van der Waals surface area contributed by atoms with Crippen LogP contribution in [0.25, 0.3) is 0 Å². The molecule has 1 fully saturated rings. The molecule has 1 aromatic heterocycles. The van der Waals surface area contributed by atoms with Crippen LogP contribution in [0.5, 0.6) is 0 Å². The van der Waals surface area contributed by atoms with Crippen LogP contribution in [-0.2, 0) is 16.0 Å². The fourth-order valence-electron chi connectivity index (χ4n) is 3.08. The van der Waals surface area contributed by atoms with Crippen molar-refractivity contribution in [3.05, 3.63) is 22.4 Å². The number of nitrogens with two attached hydrogens (primary N) is 1. The Morgan fingerprint density at radius 2 is 2.25 bits per heavy atom. The number of carbonyl (C=O) groups excluding carboxylic acids is 1. The third-order valence-electron chi connectivity index (χ3n) is 4.96. The van der Waals surface area contributed by atoms with Gasteiger partial charge in [0, 0.05) is 17.3 Å². The Kier molecular flexibility index (Phi) is 4.86. The van der Waals surface area contributed by atoms with Gasteiger partial charge in [-0.2, -0.15) is 0 Å². The lowest BCUT2D eigenvalue weighted by atomic mass is 9.61. The maximum Gasteiger partial charge on any atom is 0.309 e. The van der Waals surface area contributed by atoms with Crippen LogP contribution in [0, 0.1) is 17.3 Å². The van der Waals surface area contributed by atoms with Crippen molar-refractivity contribution >= 4 is 17.3 Å². The lowest BCUT2D eigenvalue weighted by molar-refractivity contribution is -0.156. The molecule has 1 saturated carbocycles. The first-order valence-electron chi connectivity index (χ1n) is 7.37. The first-order chi connectivity index (χ1) is 9.43. The zero-order valence-electron chi connectivity index (χ0n) is 12.6.